The quantitative estimate of drug-likeness (QED) is 0.814. The lowest BCUT2D eigenvalue weighted by molar-refractivity contribution is 0.521. The zero-order valence-electron chi connectivity index (χ0n) is 10.2. The summed E-state index contributed by atoms with van der Waals surface area (Å²) in [6.07, 6.45) is 1.33. The SMILES string of the molecule is O=S1(=O)c2ccccc2N=CN1Cc1nc(CCl)cs1. The van der Waals surface area contributed by atoms with Crippen LogP contribution < -0.4 is 0 Å². The van der Waals surface area contributed by atoms with E-state index in [1.165, 1.54) is 22.0 Å². The fourth-order valence-corrected chi connectivity index (χ4v) is 4.29. The summed E-state index contributed by atoms with van der Waals surface area (Å²) < 4.78 is 26.1. The molecule has 0 unspecified atom stereocenters. The summed E-state index contributed by atoms with van der Waals surface area (Å²) in [6, 6.07) is 6.68. The van der Waals surface area contributed by atoms with E-state index in [-0.39, 0.29) is 11.4 Å². The first-order valence-electron chi connectivity index (χ1n) is 5.75. The Balaban J connectivity index is 1.93. The first kappa shape index (κ1) is 13.5. The molecule has 1 aliphatic rings. The zero-order valence-corrected chi connectivity index (χ0v) is 12.6. The van der Waals surface area contributed by atoms with E-state index in [9.17, 15) is 8.42 Å². The normalized spacial score (nSPS) is 16.1. The lowest BCUT2D eigenvalue weighted by atomic mass is 10.3. The second kappa shape index (κ2) is 5.16. The number of nitrogens with zero attached hydrogens (tertiary/aromatic N) is 3. The van der Waals surface area contributed by atoms with E-state index in [1.54, 1.807) is 24.3 Å². The molecule has 0 N–H and O–H groups in total. The third kappa shape index (κ3) is 2.32. The van der Waals surface area contributed by atoms with E-state index in [0.29, 0.717) is 16.6 Å². The van der Waals surface area contributed by atoms with Gasteiger partial charge < -0.3 is 0 Å². The van der Waals surface area contributed by atoms with Gasteiger partial charge in [0.25, 0.3) is 10.0 Å². The molecule has 3 rings (SSSR count). The van der Waals surface area contributed by atoms with Gasteiger partial charge in [0.2, 0.25) is 0 Å². The number of benzene rings is 1. The second-order valence-corrected chi connectivity index (χ2v) is 7.20. The number of fused-ring (bicyclic) bond motifs is 1. The van der Waals surface area contributed by atoms with Crippen molar-refractivity contribution in [2.24, 2.45) is 4.99 Å². The molecule has 2 heterocycles. The number of sulfonamides is 1. The van der Waals surface area contributed by atoms with Crippen LogP contribution in [0.3, 0.4) is 0 Å². The number of para-hydroxylation sites is 1. The van der Waals surface area contributed by atoms with Crippen LogP contribution in [-0.4, -0.2) is 24.0 Å². The standard InChI is InChI=1S/C12H10ClN3O2S2/c13-5-9-7-19-12(15-9)6-16-8-14-10-3-1-2-4-11(10)20(16,17)18/h1-4,7-8H,5-6H2. The Kier molecular flexibility index (Phi) is 3.49. The van der Waals surface area contributed by atoms with Crippen molar-refractivity contribution in [2.75, 3.05) is 0 Å². The molecule has 0 fully saturated rings. The largest absolute Gasteiger partial charge is 0.267 e. The van der Waals surface area contributed by atoms with Crippen LogP contribution in [0.5, 0.6) is 0 Å². The van der Waals surface area contributed by atoms with Crippen LogP contribution >= 0.6 is 22.9 Å². The van der Waals surface area contributed by atoms with E-state index >= 15 is 0 Å². The number of rotatable bonds is 3. The highest BCUT2D eigenvalue weighted by molar-refractivity contribution is 7.89. The lowest BCUT2D eigenvalue weighted by Crippen LogP contribution is -2.31. The molecule has 1 aromatic heterocycles. The lowest BCUT2D eigenvalue weighted by Gasteiger charge is -2.22. The summed E-state index contributed by atoms with van der Waals surface area (Å²) in [6.45, 7) is 0.168. The molecular formula is C12H10ClN3O2S2. The Bertz CT molecular complexity index is 771. The number of alkyl halides is 1. The Labute approximate surface area is 125 Å². The summed E-state index contributed by atoms with van der Waals surface area (Å²) in [5.41, 5.74) is 1.21. The topological polar surface area (TPSA) is 62.6 Å². The van der Waals surface area contributed by atoms with Crippen molar-refractivity contribution < 1.29 is 8.42 Å². The monoisotopic (exact) mass is 327 g/mol. The van der Waals surface area contributed by atoms with Crippen LogP contribution in [0.1, 0.15) is 10.7 Å². The van der Waals surface area contributed by atoms with E-state index in [2.05, 4.69) is 9.98 Å². The molecular weight excluding hydrogens is 318 g/mol. The molecule has 0 amide bonds. The minimum atomic E-state index is -3.56. The van der Waals surface area contributed by atoms with Crippen molar-refractivity contribution in [1.82, 2.24) is 9.29 Å². The van der Waals surface area contributed by atoms with Crippen LogP contribution in [0.25, 0.3) is 0 Å². The van der Waals surface area contributed by atoms with Crippen molar-refractivity contribution in [3.8, 4) is 0 Å². The maximum atomic E-state index is 12.5. The molecule has 0 aliphatic carbocycles. The van der Waals surface area contributed by atoms with Gasteiger partial charge in [-0.1, -0.05) is 12.1 Å². The van der Waals surface area contributed by atoms with Crippen molar-refractivity contribution in [3.05, 3.63) is 40.3 Å². The number of hydrogen-bond donors (Lipinski definition) is 0. The third-order valence-corrected chi connectivity index (χ3v) is 5.70. The predicted octanol–water partition coefficient (Wildman–Crippen LogP) is 2.75. The van der Waals surface area contributed by atoms with Crippen LogP contribution in [0, 0.1) is 0 Å². The Morgan fingerprint density at radius 3 is 2.85 bits per heavy atom. The van der Waals surface area contributed by atoms with Gasteiger partial charge in [-0.3, -0.25) is 0 Å². The number of hydrogen-bond acceptors (Lipinski definition) is 5. The maximum absolute atomic E-state index is 12.5. The Morgan fingerprint density at radius 2 is 2.10 bits per heavy atom. The zero-order chi connectivity index (χ0) is 14.2. The number of aliphatic imine (C=N–C) groups is 1. The van der Waals surface area contributed by atoms with Crippen LogP contribution in [0.4, 0.5) is 5.69 Å². The smallest absolute Gasteiger partial charge is 0.249 e. The van der Waals surface area contributed by atoms with Crippen molar-refractivity contribution in [3.63, 3.8) is 0 Å². The van der Waals surface area contributed by atoms with E-state index in [1.807, 2.05) is 5.38 Å². The average Bonchev–Trinajstić information content (AvgIpc) is 2.90. The molecule has 20 heavy (non-hydrogen) atoms. The average molecular weight is 328 g/mol. The van der Waals surface area contributed by atoms with Gasteiger partial charge in [-0.05, 0) is 12.1 Å². The fraction of sp³-hybridized carbons (Fsp3) is 0.167. The highest BCUT2D eigenvalue weighted by atomic mass is 35.5. The number of thiazole rings is 1. The molecule has 0 saturated heterocycles. The Hall–Kier alpha value is -1.44. The second-order valence-electron chi connectivity index (χ2n) is 4.13. The summed E-state index contributed by atoms with van der Waals surface area (Å²) in [5, 5.41) is 2.51. The molecule has 0 atom stereocenters. The van der Waals surface area contributed by atoms with Crippen LogP contribution in [-0.2, 0) is 22.4 Å². The summed E-state index contributed by atoms with van der Waals surface area (Å²) in [5.74, 6) is 0.320. The minimum Gasteiger partial charge on any atom is -0.249 e. The van der Waals surface area contributed by atoms with E-state index in [4.69, 9.17) is 11.6 Å². The number of halogens is 1. The summed E-state index contributed by atoms with van der Waals surface area (Å²) in [7, 11) is -3.56. The molecule has 0 bridgehead atoms. The third-order valence-electron chi connectivity index (χ3n) is 2.80. The molecule has 104 valence electrons. The molecule has 1 aliphatic heterocycles. The minimum absolute atomic E-state index is 0.168. The van der Waals surface area contributed by atoms with Gasteiger partial charge in [0, 0.05) is 5.38 Å². The molecule has 1 aromatic carbocycles. The van der Waals surface area contributed by atoms with E-state index < -0.39 is 10.0 Å². The van der Waals surface area contributed by atoms with Crippen molar-refractivity contribution in [2.45, 2.75) is 17.3 Å². The van der Waals surface area contributed by atoms with Crippen LogP contribution in [0.15, 0.2) is 39.5 Å². The number of aromatic nitrogens is 1. The van der Waals surface area contributed by atoms with Crippen LogP contribution in [0.2, 0.25) is 0 Å². The first-order valence-corrected chi connectivity index (χ1v) is 8.61. The van der Waals surface area contributed by atoms with Crippen molar-refractivity contribution in [1.29, 1.82) is 0 Å². The van der Waals surface area contributed by atoms with Gasteiger partial charge in [0.1, 0.15) is 16.2 Å². The van der Waals surface area contributed by atoms with Gasteiger partial charge in [-0.25, -0.2) is 22.7 Å². The molecule has 2 aromatic rings. The van der Waals surface area contributed by atoms with Gasteiger partial charge in [-0.15, -0.1) is 22.9 Å². The highest BCUT2D eigenvalue weighted by Gasteiger charge is 2.28. The molecule has 0 saturated carbocycles. The van der Waals surface area contributed by atoms with Gasteiger partial charge in [-0.2, -0.15) is 0 Å². The summed E-state index contributed by atoms with van der Waals surface area (Å²) in [4.78, 5) is 8.65. The molecule has 5 nitrogen and oxygen atoms in total. The van der Waals surface area contributed by atoms with Gasteiger partial charge in [0.05, 0.1) is 23.8 Å². The maximum Gasteiger partial charge on any atom is 0.267 e. The molecule has 8 heteroatoms. The Morgan fingerprint density at radius 1 is 1.30 bits per heavy atom. The first-order chi connectivity index (χ1) is 9.61. The predicted molar refractivity (Wildman–Crippen MR) is 79.0 cm³/mol. The van der Waals surface area contributed by atoms with Gasteiger partial charge >= 0.3 is 0 Å². The molecule has 0 radical (unpaired) electrons. The highest BCUT2D eigenvalue weighted by Crippen LogP contribution is 2.30. The fourth-order valence-electron chi connectivity index (χ4n) is 1.84. The molecule has 0 spiro atoms. The summed E-state index contributed by atoms with van der Waals surface area (Å²) >= 11 is 7.08. The van der Waals surface area contributed by atoms with E-state index in [0.717, 1.165) is 5.69 Å². The van der Waals surface area contributed by atoms with Gasteiger partial charge in [0.15, 0.2) is 0 Å². The van der Waals surface area contributed by atoms with Crippen molar-refractivity contribution >= 4 is 45.0 Å².